The fourth-order valence-corrected chi connectivity index (χ4v) is 3.52. The minimum atomic E-state index is -0.344. The Kier molecular flexibility index (Phi) is 4.71. The van der Waals surface area contributed by atoms with E-state index in [0.29, 0.717) is 6.54 Å². The van der Waals surface area contributed by atoms with Crippen LogP contribution in [0.3, 0.4) is 0 Å². The summed E-state index contributed by atoms with van der Waals surface area (Å²) in [4.78, 5) is 26.7. The van der Waals surface area contributed by atoms with Crippen molar-refractivity contribution >= 4 is 39.1 Å². The fourth-order valence-electron chi connectivity index (χ4n) is 3.02. The number of aryl methyl sites for hydroxylation is 2. The molecule has 0 aliphatic carbocycles. The molecule has 1 atom stereocenters. The van der Waals surface area contributed by atoms with Crippen molar-refractivity contribution in [3.8, 4) is 0 Å². The lowest BCUT2D eigenvalue weighted by Crippen LogP contribution is -2.28. The van der Waals surface area contributed by atoms with Crippen molar-refractivity contribution in [3.05, 3.63) is 58.1 Å². The number of halogens is 1. The number of amides is 2. The smallest absolute Gasteiger partial charge is 0.229 e. The van der Waals surface area contributed by atoms with Crippen LogP contribution in [0, 0.1) is 19.8 Å². The average molecular weight is 387 g/mol. The fraction of sp³-hybridized carbons (Fsp3) is 0.263. The van der Waals surface area contributed by atoms with Gasteiger partial charge in [0, 0.05) is 23.1 Å². The van der Waals surface area contributed by atoms with Crippen LogP contribution in [0.2, 0.25) is 0 Å². The maximum Gasteiger partial charge on any atom is 0.229 e. The number of rotatable bonds is 3. The van der Waals surface area contributed by atoms with Gasteiger partial charge < -0.3 is 10.2 Å². The summed E-state index contributed by atoms with van der Waals surface area (Å²) >= 11 is 3.47. The third-order valence-electron chi connectivity index (χ3n) is 4.37. The van der Waals surface area contributed by atoms with Gasteiger partial charge in [-0.15, -0.1) is 0 Å². The summed E-state index contributed by atoms with van der Waals surface area (Å²) in [6, 6.07) is 13.5. The number of nitrogens with zero attached hydrogens (tertiary/aromatic N) is 1. The Morgan fingerprint density at radius 3 is 2.46 bits per heavy atom. The molecular formula is C19H19BrN2O2. The van der Waals surface area contributed by atoms with Crippen LogP contribution in [0.4, 0.5) is 11.4 Å². The van der Waals surface area contributed by atoms with Crippen LogP contribution >= 0.6 is 15.9 Å². The second-order valence-electron chi connectivity index (χ2n) is 6.11. The Morgan fingerprint density at radius 1 is 1.12 bits per heavy atom. The number of carbonyl (C=O) groups excluding carboxylic acids is 2. The van der Waals surface area contributed by atoms with Crippen molar-refractivity contribution in [3.63, 3.8) is 0 Å². The molecule has 2 amide bonds. The molecule has 1 N–H and O–H groups in total. The molecule has 1 aliphatic heterocycles. The predicted octanol–water partition coefficient (Wildman–Crippen LogP) is 4.06. The highest BCUT2D eigenvalue weighted by Gasteiger charge is 2.36. The first-order valence-electron chi connectivity index (χ1n) is 7.89. The highest BCUT2D eigenvalue weighted by Crippen LogP contribution is 2.32. The van der Waals surface area contributed by atoms with Gasteiger partial charge in [0.05, 0.1) is 11.6 Å². The Balaban J connectivity index is 1.76. The lowest BCUT2D eigenvalue weighted by molar-refractivity contribution is -0.122. The summed E-state index contributed by atoms with van der Waals surface area (Å²) < 4.78 is 0.856. The number of benzene rings is 2. The van der Waals surface area contributed by atoms with Crippen molar-refractivity contribution in [1.82, 2.24) is 0 Å². The Bertz CT molecular complexity index is 783. The molecule has 4 nitrogen and oxygen atoms in total. The van der Waals surface area contributed by atoms with Crippen LogP contribution in [0.15, 0.2) is 46.9 Å². The van der Waals surface area contributed by atoms with Gasteiger partial charge in [-0.25, -0.2) is 0 Å². The summed E-state index contributed by atoms with van der Waals surface area (Å²) in [5, 5.41) is 3.00. The van der Waals surface area contributed by atoms with E-state index in [1.807, 2.05) is 56.3 Å². The van der Waals surface area contributed by atoms with Gasteiger partial charge in [0.15, 0.2) is 0 Å². The summed E-state index contributed by atoms with van der Waals surface area (Å²) in [5.74, 6) is -0.470. The summed E-state index contributed by atoms with van der Waals surface area (Å²) in [6.07, 6.45) is 0.234. The predicted molar refractivity (Wildman–Crippen MR) is 99.1 cm³/mol. The Morgan fingerprint density at radius 2 is 1.79 bits per heavy atom. The lowest BCUT2D eigenvalue weighted by atomic mass is 10.1. The number of anilines is 2. The first-order valence-corrected chi connectivity index (χ1v) is 8.68. The maximum absolute atomic E-state index is 12.6. The monoisotopic (exact) mass is 386 g/mol. The molecule has 2 aromatic rings. The summed E-state index contributed by atoms with van der Waals surface area (Å²) in [7, 11) is 0. The van der Waals surface area contributed by atoms with E-state index < -0.39 is 0 Å². The van der Waals surface area contributed by atoms with Gasteiger partial charge >= 0.3 is 0 Å². The quantitative estimate of drug-likeness (QED) is 0.864. The number of para-hydroxylation sites is 2. The van der Waals surface area contributed by atoms with Gasteiger partial charge in [0.2, 0.25) is 11.8 Å². The van der Waals surface area contributed by atoms with Crippen LogP contribution in [-0.4, -0.2) is 18.4 Å². The van der Waals surface area contributed by atoms with Crippen LogP contribution in [0.25, 0.3) is 0 Å². The molecule has 24 heavy (non-hydrogen) atoms. The molecule has 0 radical (unpaired) electrons. The van der Waals surface area contributed by atoms with Crippen molar-refractivity contribution in [2.45, 2.75) is 20.3 Å². The maximum atomic E-state index is 12.6. The SMILES string of the molecule is Cc1cccc(C)c1NC(=O)C1CC(=O)N(c2ccccc2Br)C1. The lowest BCUT2D eigenvalue weighted by Gasteiger charge is -2.18. The molecule has 1 aliphatic rings. The molecule has 3 rings (SSSR count). The van der Waals surface area contributed by atoms with E-state index in [-0.39, 0.29) is 24.2 Å². The first-order chi connectivity index (χ1) is 11.5. The zero-order chi connectivity index (χ0) is 17.3. The van der Waals surface area contributed by atoms with E-state index in [1.165, 1.54) is 0 Å². The number of nitrogens with one attached hydrogen (secondary N) is 1. The van der Waals surface area contributed by atoms with Gasteiger partial charge in [-0.05, 0) is 53.0 Å². The second kappa shape index (κ2) is 6.77. The van der Waals surface area contributed by atoms with Crippen LogP contribution in [0.1, 0.15) is 17.5 Å². The third kappa shape index (κ3) is 3.22. The molecule has 1 saturated heterocycles. The van der Waals surface area contributed by atoms with Gasteiger partial charge in [0.1, 0.15) is 0 Å². The molecule has 5 heteroatoms. The largest absolute Gasteiger partial charge is 0.325 e. The van der Waals surface area contributed by atoms with E-state index in [2.05, 4.69) is 21.2 Å². The summed E-state index contributed by atoms with van der Waals surface area (Å²) in [5.41, 5.74) is 3.70. The van der Waals surface area contributed by atoms with Gasteiger partial charge in [-0.2, -0.15) is 0 Å². The highest BCUT2D eigenvalue weighted by molar-refractivity contribution is 9.10. The molecule has 0 bridgehead atoms. The van der Waals surface area contributed by atoms with Crippen molar-refractivity contribution in [2.75, 3.05) is 16.8 Å². The molecule has 1 fully saturated rings. The molecule has 2 aromatic carbocycles. The van der Waals surface area contributed by atoms with Crippen LogP contribution in [0.5, 0.6) is 0 Å². The first kappa shape index (κ1) is 16.7. The second-order valence-corrected chi connectivity index (χ2v) is 6.97. The van der Waals surface area contributed by atoms with E-state index >= 15 is 0 Å². The number of hydrogen-bond donors (Lipinski definition) is 1. The molecule has 0 spiro atoms. The zero-order valence-electron chi connectivity index (χ0n) is 13.7. The van der Waals surface area contributed by atoms with Gasteiger partial charge in [-0.3, -0.25) is 9.59 Å². The molecule has 1 heterocycles. The minimum Gasteiger partial charge on any atom is -0.325 e. The van der Waals surface area contributed by atoms with Crippen molar-refractivity contribution < 1.29 is 9.59 Å². The average Bonchev–Trinajstić information content (AvgIpc) is 2.93. The topological polar surface area (TPSA) is 49.4 Å². The molecule has 124 valence electrons. The number of carbonyl (C=O) groups is 2. The van der Waals surface area contributed by atoms with E-state index in [0.717, 1.165) is 27.0 Å². The highest BCUT2D eigenvalue weighted by atomic mass is 79.9. The molecule has 0 saturated carbocycles. The van der Waals surface area contributed by atoms with Crippen LogP contribution < -0.4 is 10.2 Å². The Labute approximate surface area is 150 Å². The zero-order valence-corrected chi connectivity index (χ0v) is 15.3. The van der Waals surface area contributed by atoms with Crippen LogP contribution in [-0.2, 0) is 9.59 Å². The van der Waals surface area contributed by atoms with E-state index in [4.69, 9.17) is 0 Å². The van der Waals surface area contributed by atoms with Crippen molar-refractivity contribution in [2.24, 2.45) is 5.92 Å². The molecule has 1 unspecified atom stereocenters. The van der Waals surface area contributed by atoms with E-state index in [1.54, 1.807) is 4.90 Å². The Hall–Kier alpha value is -2.14. The van der Waals surface area contributed by atoms with Gasteiger partial charge in [-0.1, -0.05) is 30.3 Å². The molecule has 0 aromatic heterocycles. The summed E-state index contributed by atoms with van der Waals surface area (Å²) in [6.45, 7) is 4.34. The third-order valence-corrected chi connectivity index (χ3v) is 5.04. The normalized spacial score (nSPS) is 17.2. The number of hydrogen-bond acceptors (Lipinski definition) is 2. The van der Waals surface area contributed by atoms with Crippen molar-refractivity contribution in [1.29, 1.82) is 0 Å². The molecular weight excluding hydrogens is 368 g/mol. The standard InChI is InChI=1S/C19H19BrN2O2/c1-12-6-5-7-13(2)18(12)21-19(24)14-10-17(23)22(11-14)16-9-4-3-8-15(16)20/h3-9,14H,10-11H2,1-2H3,(H,21,24). The van der Waals surface area contributed by atoms with E-state index in [9.17, 15) is 9.59 Å². The van der Waals surface area contributed by atoms with Gasteiger partial charge in [0.25, 0.3) is 0 Å². The minimum absolute atomic E-state index is 0.0245.